The van der Waals surface area contributed by atoms with Gasteiger partial charge < -0.3 is 11.1 Å². The molecule has 0 aromatic carbocycles. The fourth-order valence-electron chi connectivity index (χ4n) is 1.21. The summed E-state index contributed by atoms with van der Waals surface area (Å²) in [6, 6.07) is 0. The number of nitrogens with two attached hydrogens (primary N) is 1. The first-order valence-electron chi connectivity index (χ1n) is 5.09. The Labute approximate surface area is 93.9 Å². The van der Waals surface area contributed by atoms with Crippen molar-refractivity contribution in [2.45, 2.75) is 33.2 Å². The SMILES string of the molecule is CCCNC(=O)Cc1sc(CN)nc1C. The predicted molar refractivity (Wildman–Crippen MR) is 61.7 cm³/mol. The Bertz CT molecular complexity index is 335. The Balaban J connectivity index is 2.55. The summed E-state index contributed by atoms with van der Waals surface area (Å²) in [7, 11) is 0. The highest BCUT2D eigenvalue weighted by Crippen LogP contribution is 2.17. The lowest BCUT2D eigenvalue weighted by Gasteiger charge is -2.01. The summed E-state index contributed by atoms with van der Waals surface area (Å²) in [5, 5.41) is 3.74. The van der Waals surface area contributed by atoms with Crippen molar-refractivity contribution >= 4 is 17.2 Å². The van der Waals surface area contributed by atoms with Gasteiger partial charge in [-0.2, -0.15) is 0 Å². The van der Waals surface area contributed by atoms with Gasteiger partial charge in [-0.05, 0) is 13.3 Å². The maximum Gasteiger partial charge on any atom is 0.225 e. The molecule has 0 aliphatic carbocycles. The minimum Gasteiger partial charge on any atom is -0.356 e. The van der Waals surface area contributed by atoms with E-state index >= 15 is 0 Å². The Hall–Kier alpha value is -0.940. The van der Waals surface area contributed by atoms with E-state index in [-0.39, 0.29) is 5.91 Å². The minimum absolute atomic E-state index is 0.0622. The second-order valence-electron chi connectivity index (χ2n) is 3.35. The summed E-state index contributed by atoms with van der Waals surface area (Å²) >= 11 is 1.52. The quantitative estimate of drug-likeness (QED) is 0.788. The molecule has 1 aromatic rings. The maximum absolute atomic E-state index is 11.5. The van der Waals surface area contributed by atoms with Crippen LogP contribution >= 0.6 is 11.3 Å². The molecule has 5 heteroatoms. The molecule has 0 saturated heterocycles. The summed E-state index contributed by atoms with van der Waals surface area (Å²) < 4.78 is 0. The Morgan fingerprint density at radius 1 is 1.60 bits per heavy atom. The van der Waals surface area contributed by atoms with Crippen molar-refractivity contribution < 1.29 is 4.79 Å². The summed E-state index contributed by atoms with van der Waals surface area (Å²) in [5.74, 6) is 0.0622. The maximum atomic E-state index is 11.5. The highest BCUT2D eigenvalue weighted by molar-refractivity contribution is 7.11. The largest absolute Gasteiger partial charge is 0.356 e. The van der Waals surface area contributed by atoms with Gasteiger partial charge in [0.05, 0.1) is 12.1 Å². The molecule has 0 spiro atoms. The second kappa shape index (κ2) is 5.82. The van der Waals surface area contributed by atoms with E-state index in [1.54, 1.807) is 0 Å². The predicted octanol–water partition coefficient (Wildman–Crippen LogP) is 0.979. The standard InChI is InChI=1S/C10H17N3OS/c1-3-4-12-9(14)5-8-7(2)13-10(6-11)15-8/h3-6,11H2,1-2H3,(H,12,14). The Morgan fingerprint density at radius 3 is 2.87 bits per heavy atom. The van der Waals surface area contributed by atoms with Gasteiger partial charge in [0.1, 0.15) is 5.01 Å². The fourth-order valence-corrected chi connectivity index (χ4v) is 2.16. The molecule has 1 heterocycles. The number of hydrogen-bond acceptors (Lipinski definition) is 4. The van der Waals surface area contributed by atoms with Gasteiger partial charge in [0, 0.05) is 18.0 Å². The molecular formula is C10H17N3OS. The van der Waals surface area contributed by atoms with Crippen molar-refractivity contribution in [3.05, 3.63) is 15.6 Å². The van der Waals surface area contributed by atoms with Crippen molar-refractivity contribution in [1.29, 1.82) is 0 Å². The van der Waals surface area contributed by atoms with Crippen LogP contribution in [-0.4, -0.2) is 17.4 Å². The van der Waals surface area contributed by atoms with E-state index in [1.807, 2.05) is 13.8 Å². The first kappa shape index (κ1) is 12.1. The summed E-state index contributed by atoms with van der Waals surface area (Å²) in [5.41, 5.74) is 6.41. The van der Waals surface area contributed by atoms with Crippen LogP contribution in [0.15, 0.2) is 0 Å². The first-order chi connectivity index (χ1) is 7.17. The molecule has 15 heavy (non-hydrogen) atoms. The molecule has 84 valence electrons. The monoisotopic (exact) mass is 227 g/mol. The van der Waals surface area contributed by atoms with Crippen LogP contribution in [0, 0.1) is 6.92 Å². The number of aromatic nitrogens is 1. The number of carbonyl (C=O) groups is 1. The zero-order valence-electron chi connectivity index (χ0n) is 9.17. The lowest BCUT2D eigenvalue weighted by atomic mass is 10.3. The van der Waals surface area contributed by atoms with Gasteiger partial charge in [0.25, 0.3) is 0 Å². The second-order valence-corrected chi connectivity index (χ2v) is 4.52. The highest BCUT2D eigenvalue weighted by Gasteiger charge is 2.10. The van der Waals surface area contributed by atoms with Crippen molar-refractivity contribution in [1.82, 2.24) is 10.3 Å². The van der Waals surface area contributed by atoms with Gasteiger partial charge in [0.2, 0.25) is 5.91 Å². The number of amides is 1. The number of hydrogen-bond donors (Lipinski definition) is 2. The van der Waals surface area contributed by atoms with Crippen molar-refractivity contribution in [3.8, 4) is 0 Å². The van der Waals surface area contributed by atoms with Crippen LogP contribution in [0.3, 0.4) is 0 Å². The van der Waals surface area contributed by atoms with Crippen LogP contribution in [0.1, 0.15) is 28.9 Å². The molecule has 0 bridgehead atoms. The van der Waals surface area contributed by atoms with Crippen LogP contribution in [0.25, 0.3) is 0 Å². The first-order valence-corrected chi connectivity index (χ1v) is 5.91. The van der Waals surface area contributed by atoms with Crippen molar-refractivity contribution in [2.75, 3.05) is 6.54 Å². The van der Waals surface area contributed by atoms with Gasteiger partial charge in [-0.3, -0.25) is 4.79 Å². The molecule has 0 radical (unpaired) electrons. The molecule has 0 aliphatic heterocycles. The van der Waals surface area contributed by atoms with E-state index in [9.17, 15) is 4.79 Å². The average Bonchev–Trinajstić information content (AvgIpc) is 2.57. The van der Waals surface area contributed by atoms with E-state index in [0.29, 0.717) is 13.0 Å². The number of carbonyl (C=O) groups excluding carboxylic acids is 1. The highest BCUT2D eigenvalue weighted by atomic mass is 32.1. The van der Waals surface area contributed by atoms with Crippen molar-refractivity contribution in [2.24, 2.45) is 5.73 Å². The molecule has 1 amide bonds. The molecule has 3 N–H and O–H groups in total. The summed E-state index contributed by atoms with van der Waals surface area (Å²) in [6.07, 6.45) is 1.38. The van der Waals surface area contributed by atoms with Crippen LogP contribution in [0.5, 0.6) is 0 Å². The Kier molecular flexibility index (Phi) is 4.71. The molecule has 0 unspecified atom stereocenters. The third-order valence-electron chi connectivity index (χ3n) is 2.00. The fraction of sp³-hybridized carbons (Fsp3) is 0.600. The van der Waals surface area contributed by atoms with E-state index in [4.69, 9.17) is 5.73 Å². The lowest BCUT2D eigenvalue weighted by molar-refractivity contribution is -0.120. The van der Waals surface area contributed by atoms with Gasteiger partial charge >= 0.3 is 0 Å². The average molecular weight is 227 g/mol. The van der Waals surface area contributed by atoms with Crippen LogP contribution in [0.4, 0.5) is 0 Å². The molecule has 1 aromatic heterocycles. The molecule has 4 nitrogen and oxygen atoms in total. The van der Waals surface area contributed by atoms with Gasteiger partial charge in [-0.1, -0.05) is 6.92 Å². The van der Waals surface area contributed by atoms with E-state index in [1.165, 1.54) is 11.3 Å². The van der Waals surface area contributed by atoms with Crippen LogP contribution in [-0.2, 0) is 17.8 Å². The van der Waals surface area contributed by atoms with Gasteiger partial charge in [-0.15, -0.1) is 11.3 Å². The molecule has 0 saturated carbocycles. The third kappa shape index (κ3) is 3.60. The zero-order valence-corrected chi connectivity index (χ0v) is 9.99. The van der Waals surface area contributed by atoms with Crippen LogP contribution in [0.2, 0.25) is 0 Å². The smallest absolute Gasteiger partial charge is 0.225 e. The molecule has 0 atom stereocenters. The number of rotatable bonds is 5. The lowest BCUT2D eigenvalue weighted by Crippen LogP contribution is -2.25. The summed E-state index contributed by atoms with van der Waals surface area (Å²) in [4.78, 5) is 16.8. The van der Waals surface area contributed by atoms with E-state index in [0.717, 1.165) is 28.5 Å². The molecular weight excluding hydrogens is 210 g/mol. The molecule has 1 rings (SSSR count). The zero-order chi connectivity index (χ0) is 11.3. The minimum atomic E-state index is 0.0622. The van der Waals surface area contributed by atoms with E-state index in [2.05, 4.69) is 10.3 Å². The Morgan fingerprint density at radius 2 is 2.33 bits per heavy atom. The topological polar surface area (TPSA) is 68.0 Å². The molecule has 0 fully saturated rings. The van der Waals surface area contributed by atoms with Crippen LogP contribution < -0.4 is 11.1 Å². The molecule has 0 aliphatic rings. The van der Waals surface area contributed by atoms with Crippen molar-refractivity contribution in [3.63, 3.8) is 0 Å². The summed E-state index contributed by atoms with van der Waals surface area (Å²) in [6.45, 7) is 5.13. The van der Waals surface area contributed by atoms with Gasteiger partial charge in [0.15, 0.2) is 0 Å². The number of thiazole rings is 1. The van der Waals surface area contributed by atoms with Gasteiger partial charge in [-0.25, -0.2) is 4.98 Å². The number of nitrogens with zero attached hydrogens (tertiary/aromatic N) is 1. The normalized spacial score (nSPS) is 10.3. The third-order valence-corrected chi connectivity index (χ3v) is 3.18. The number of aryl methyl sites for hydroxylation is 1. The van der Waals surface area contributed by atoms with E-state index < -0.39 is 0 Å². The number of nitrogens with one attached hydrogen (secondary N) is 1.